The number of piperidine rings is 2. The Hall–Kier alpha value is -3.96. The molecule has 17 heteroatoms. The molecule has 4 fully saturated rings. The summed E-state index contributed by atoms with van der Waals surface area (Å²) in [5.41, 5.74) is 2.81. The van der Waals surface area contributed by atoms with E-state index >= 15 is 0 Å². The van der Waals surface area contributed by atoms with E-state index in [0.717, 1.165) is 49.1 Å². The highest BCUT2D eigenvalue weighted by atomic mass is 32.2. The predicted molar refractivity (Wildman–Crippen MR) is 177 cm³/mol. The molecule has 0 bridgehead atoms. The average molecular weight is 702 g/mol. The van der Waals surface area contributed by atoms with Crippen molar-refractivity contribution >= 4 is 44.4 Å². The molecule has 2 aromatic heterocycles. The van der Waals surface area contributed by atoms with E-state index in [-0.39, 0.29) is 40.8 Å². The van der Waals surface area contributed by atoms with Gasteiger partial charge >= 0.3 is 6.61 Å². The van der Waals surface area contributed by atoms with Crippen molar-refractivity contribution in [2.45, 2.75) is 69.1 Å². The van der Waals surface area contributed by atoms with Crippen LogP contribution in [0.2, 0.25) is 0 Å². The Morgan fingerprint density at radius 1 is 1.08 bits per heavy atom. The number of imide groups is 1. The number of alkyl halides is 2. The minimum atomic E-state index is -3.40. The van der Waals surface area contributed by atoms with Crippen LogP contribution in [0.25, 0.3) is 10.9 Å². The zero-order valence-electron chi connectivity index (χ0n) is 27.4. The number of piperazine rings is 1. The molecule has 2 amide bonds. The number of benzene rings is 1. The fraction of sp³-hybridized carbons (Fsp3) is 0.594. The van der Waals surface area contributed by atoms with Crippen LogP contribution in [0.15, 0.2) is 30.6 Å². The van der Waals surface area contributed by atoms with Crippen molar-refractivity contribution in [3.8, 4) is 5.75 Å². The Balaban J connectivity index is 0.894. The number of amides is 2. The van der Waals surface area contributed by atoms with Crippen molar-refractivity contribution in [2.24, 2.45) is 7.05 Å². The summed E-state index contributed by atoms with van der Waals surface area (Å²) < 4.78 is 58.7. The lowest BCUT2D eigenvalue weighted by Gasteiger charge is -2.44. The molecular formula is C32H41F2N9O5S. The van der Waals surface area contributed by atoms with Crippen LogP contribution >= 0.6 is 0 Å². The van der Waals surface area contributed by atoms with E-state index in [0.29, 0.717) is 57.4 Å². The quantitative estimate of drug-likeness (QED) is 0.284. The zero-order valence-corrected chi connectivity index (χ0v) is 28.2. The number of aryl methyl sites for hydroxylation is 1. The minimum Gasteiger partial charge on any atom is -0.432 e. The number of carbonyl (C=O) groups is 2. The highest BCUT2D eigenvalue weighted by Crippen LogP contribution is 2.47. The summed E-state index contributed by atoms with van der Waals surface area (Å²) >= 11 is 0. The van der Waals surface area contributed by atoms with Gasteiger partial charge in [-0.25, -0.2) is 22.7 Å². The Bertz CT molecular complexity index is 1810. The van der Waals surface area contributed by atoms with Crippen LogP contribution in [0.1, 0.15) is 56.6 Å². The normalized spacial score (nSPS) is 22.2. The van der Waals surface area contributed by atoms with Crippen molar-refractivity contribution in [3.05, 3.63) is 36.3 Å². The van der Waals surface area contributed by atoms with Gasteiger partial charge in [-0.05, 0) is 63.3 Å². The third-order valence-corrected chi connectivity index (χ3v) is 12.2. The summed E-state index contributed by atoms with van der Waals surface area (Å²) in [7, 11) is -1.52. The van der Waals surface area contributed by atoms with Crippen LogP contribution in [0.3, 0.4) is 0 Å². The number of ether oxygens (including phenoxy) is 1. The maximum absolute atomic E-state index is 13.2. The van der Waals surface area contributed by atoms with Gasteiger partial charge < -0.3 is 15.0 Å². The van der Waals surface area contributed by atoms with Gasteiger partial charge in [-0.3, -0.25) is 24.5 Å². The second-order valence-corrected chi connectivity index (χ2v) is 15.6. The van der Waals surface area contributed by atoms with E-state index in [9.17, 15) is 26.8 Å². The second-order valence-electron chi connectivity index (χ2n) is 13.5. The Kier molecular flexibility index (Phi) is 9.17. The predicted octanol–water partition coefficient (Wildman–Crippen LogP) is 2.44. The van der Waals surface area contributed by atoms with E-state index in [4.69, 9.17) is 5.10 Å². The van der Waals surface area contributed by atoms with Gasteiger partial charge in [0.25, 0.3) is 0 Å². The highest BCUT2D eigenvalue weighted by Gasteiger charge is 2.51. The van der Waals surface area contributed by atoms with Crippen LogP contribution < -0.4 is 20.3 Å². The maximum atomic E-state index is 13.2. The van der Waals surface area contributed by atoms with Gasteiger partial charge in [0, 0.05) is 63.3 Å². The molecule has 14 nitrogen and oxygen atoms in total. The largest absolute Gasteiger partial charge is 0.432 e. The van der Waals surface area contributed by atoms with E-state index in [2.05, 4.69) is 47.3 Å². The van der Waals surface area contributed by atoms with Crippen molar-refractivity contribution in [3.63, 3.8) is 0 Å². The summed E-state index contributed by atoms with van der Waals surface area (Å²) in [6, 6.07) is 6.27. The van der Waals surface area contributed by atoms with E-state index in [1.807, 2.05) is 17.8 Å². The molecule has 49 heavy (non-hydrogen) atoms. The van der Waals surface area contributed by atoms with Crippen molar-refractivity contribution in [2.75, 3.05) is 55.2 Å². The van der Waals surface area contributed by atoms with Gasteiger partial charge in [-0.2, -0.15) is 13.9 Å². The summed E-state index contributed by atoms with van der Waals surface area (Å²) in [4.78, 5) is 37.1. The molecule has 7 rings (SSSR count). The smallest absolute Gasteiger partial charge is 0.387 e. The molecule has 0 radical (unpaired) electrons. The number of hydrogen-bond donors (Lipinski definition) is 2. The summed E-state index contributed by atoms with van der Waals surface area (Å²) in [6.45, 7) is 1.11. The number of anilines is 2. The molecule has 1 aromatic carbocycles. The third kappa shape index (κ3) is 7.19. The molecule has 1 aliphatic carbocycles. The molecule has 5 heterocycles. The van der Waals surface area contributed by atoms with Crippen LogP contribution in [-0.4, -0.2) is 112 Å². The Labute approximate surface area is 283 Å². The average Bonchev–Trinajstić information content (AvgIpc) is 3.75. The standard InChI is InChI=1S/C32H41F2N9O5S/c1-40-26-17-22(3-4-24(26)28(39-40)25-5-6-27(44)38-29(25)45)43-15-14-41(20-32(43)9-10-32)11-2-16-49(46,47)42-12-7-21(8-13-42)37-31-35-18-23(19-36-31)48-30(33)34/h3-4,17-19,21,25,30H,2,5-16,20H2,1H3,(H,35,36,37)(H,38,44,45). The fourth-order valence-corrected chi connectivity index (χ4v) is 9.01. The van der Waals surface area contributed by atoms with Crippen LogP contribution in [0.5, 0.6) is 5.75 Å². The monoisotopic (exact) mass is 701 g/mol. The van der Waals surface area contributed by atoms with Gasteiger partial charge in [0.2, 0.25) is 27.8 Å². The van der Waals surface area contributed by atoms with Gasteiger partial charge in [0.05, 0.1) is 40.8 Å². The van der Waals surface area contributed by atoms with Crippen molar-refractivity contribution in [1.82, 2.24) is 34.3 Å². The van der Waals surface area contributed by atoms with E-state index in [1.165, 1.54) is 12.4 Å². The number of halogens is 2. The van der Waals surface area contributed by atoms with Crippen molar-refractivity contribution < 1.29 is 31.5 Å². The molecule has 1 spiro atoms. The van der Waals surface area contributed by atoms with E-state index in [1.54, 1.807) is 4.31 Å². The summed E-state index contributed by atoms with van der Waals surface area (Å²) in [5, 5.41) is 11.2. The molecule has 1 atom stereocenters. The number of aromatic nitrogens is 4. The van der Waals surface area contributed by atoms with Crippen molar-refractivity contribution in [1.29, 1.82) is 0 Å². The number of sulfonamides is 1. The summed E-state index contributed by atoms with van der Waals surface area (Å²) in [6.07, 6.45) is 7.01. The third-order valence-electron chi connectivity index (χ3n) is 10.2. The highest BCUT2D eigenvalue weighted by molar-refractivity contribution is 7.89. The molecule has 3 saturated heterocycles. The first-order valence-corrected chi connectivity index (χ1v) is 18.4. The van der Waals surface area contributed by atoms with E-state index < -0.39 is 22.6 Å². The first-order chi connectivity index (χ1) is 23.5. The van der Waals surface area contributed by atoms with Gasteiger partial charge in [-0.1, -0.05) is 0 Å². The van der Waals surface area contributed by atoms with Gasteiger partial charge in [-0.15, -0.1) is 0 Å². The van der Waals surface area contributed by atoms with Gasteiger partial charge in [0.1, 0.15) is 0 Å². The SMILES string of the molecule is Cn1nc(C2CCC(=O)NC2=O)c2ccc(N3CCN(CCCS(=O)(=O)N4CCC(Nc5ncc(OC(F)F)cn5)CC4)CC34CC4)cc21. The van der Waals surface area contributed by atoms with Crippen LogP contribution in [0, 0.1) is 0 Å². The molecule has 3 aliphatic heterocycles. The Morgan fingerprint density at radius 3 is 2.53 bits per heavy atom. The summed E-state index contributed by atoms with van der Waals surface area (Å²) in [5.74, 6) is -0.714. The number of nitrogens with one attached hydrogen (secondary N) is 2. The lowest BCUT2D eigenvalue weighted by atomic mass is 9.92. The Morgan fingerprint density at radius 2 is 1.84 bits per heavy atom. The number of fused-ring (bicyclic) bond motifs is 1. The lowest BCUT2D eigenvalue weighted by molar-refractivity contribution is -0.134. The fourth-order valence-electron chi connectivity index (χ4n) is 7.49. The minimum absolute atomic E-state index is 0.0228. The van der Waals surface area contributed by atoms with Gasteiger partial charge in [0.15, 0.2) is 5.75 Å². The molecular weight excluding hydrogens is 660 g/mol. The number of nitrogens with zero attached hydrogens (tertiary/aromatic N) is 7. The molecule has 4 aliphatic rings. The number of hydrogen-bond acceptors (Lipinski definition) is 11. The topological polar surface area (TPSA) is 155 Å². The first kappa shape index (κ1) is 33.5. The molecule has 1 saturated carbocycles. The van der Waals surface area contributed by atoms with Crippen LogP contribution in [-0.2, 0) is 26.7 Å². The second kappa shape index (κ2) is 13.4. The lowest BCUT2D eigenvalue weighted by Crippen LogP contribution is -2.55. The van der Waals surface area contributed by atoms with Crippen LogP contribution in [0.4, 0.5) is 20.4 Å². The molecule has 2 N–H and O–H groups in total. The first-order valence-electron chi connectivity index (χ1n) is 16.8. The number of rotatable bonds is 11. The molecule has 1 unspecified atom stereocenters. The maximum Gasteiger partial charge on any atom is 0.387 e. The molecule has 264 valence electrons. The zero-order chi connectivity index (χ0) is 34.3. The molecule has 3 aromatic rings. The number of carbonyl (C=O) groups excluding carboxylic acids is 2.